The number of furan rings is 1. The minimum Gasteiger partial charge on any atom is -0.472 e. The third kappa shape index (κ3) is 4.52. The van der Waals surface area contributed by atoms with E-state index in [2.05, 4.69) is 5.32 Å². The van der Waals surface area contributed by atoms with E-state index in [0.717, 1.165) is 12.8 Å². The fourth-order valence-corrected chi connectivity index (χ4v) is 4.10. The van der Waals surface area contributed by atoms with Crippen molar-refractivity contribution in [3.8, 4) is 0 Å². The number of fused-ring (bicyclic) bond motifs is 1. The van der Waals surface area contributed by atoms with Gasteiger partial charge in [0.05, 0.1) is 23.0 Å². The monoisotopic (exact) mass is 423 g/mol. The van der Waals surface area contributed by atoms with Crippen LogP contribution in [0.25, 0.3) is 0 Å². The van der Waals surface area contributed by atoms with Gasteiger partial charge in [-0.25, -0.2) is 0 Å². The molecule has 4 amide bonds. The van der Waals surface area contributed by atoms with E-state index in [9.17, 15) is 19.2 Å². The van der Waals surface area contributed by atoms with Crippen LogP contribution in [0.2, 0.25) is 0 Å². The third-order valence-corrected chi connectivity index (χ3v) is 5.92. The SMILES string of the molecule is O=C(CCCN1C(=O)c2ccccc2C1=O)NCC1CCN(C(=O)c2ccoc2)CC1. The predicted octanol–water partition coefficient (Wildman–Crippen LogP) is 2.32. The molecule has 2 aromatic rings. The standard InChI is InChI=1S/C23H25N3O5/c27-20(6-3-10-26-22(29)18-4-1-2-5-19(18)23(26)30)24-14-16-7-11-25(12-8-16)21(28)17-9-13-31-15-17/h1-2,4-5,9,13,15-16H,3,6-8,10-12,14H2,(H,24,27). The summed E-state index contributed by atoms with van der Waals surface area (Å²) in [5.74, 6) is -0.373. The molecule has 2 aliphatic rings. The topological polar surface area (TPSA) is 99.9 Å². The molecular formula is C23H25N3O5. The maximum absolute atomic E-state index is 12.3. The van der Waals surface area contributed by atoms with E-state index in [1.54, 1.807) is 30.3 Å². The summed E-state index contributed by atoms with van der Waals surface area (Å²) >= 11 is 0. The van der Waals surface area contributed by atoms with Gasteiger partial charge in [-0.05, 0) is 43.4 Å². The van der Waals surface area contributed by atoms with Crippen molar-refractivity contribution in [1.82, 2.24) is 15.1 Å². The average Bonchev–Trinajstić information content (AvgIpc) is 3.41. The van der Waals surface area contributed by atoms with Crippen LogP contribution in [0.3, 0.4) is 0 Å². The molecule has 0 radical (unpaired) electrons. The van der Waals surface area contributed by atoms with Gasteiger partial charge in [-0.15, -0.1) is 0 Å². The molecule has 1 fully saturated rings. The lowest BCUT2D eigenvalue weighted by Crippen LogP contribution is -2.41. The second-order valence-electron chi connectivity index (χ2n) is 7.96. The number of amides is 4. The zero-order valence-electron chi connectivity index (χ0n) is 17.2. The van der Waals surface area contributed by atoms with Gasteiger partial charge < -0.3 is 14.6 Å². The number of benzene rings is 1. The average molecular weight is 423 g/mol. The van der Waals surface area contributed by atoms with Crippen molar-refractivity contribution in [3.05, 3.63) is 59.5 Å². The minimum absolute atomic E-state index is 0.0237. The highest BCUT2D eigenvalue weighted by Crippen LogP contribution is 2.23. The van der Waals surface area contributed by atoms with Gasteiger partial charge in [0.2, 0.25) is 5.91 Å². The van der Waals surface area contributed by atoms with Crippen LogP contribution < -0.4 is 5.32 Å². The molecule has 8 heteroatoms. The van der Waals surface area contributed by atoms with E-state index in [1.807, 2.05) is 4.90 Å². The van der Waals surface area contributed by atoms with Crippen molar-refractivity contribution >= 4 is 23.6 Å². The Morgan fingerprint density at radius 2 is 1.71 bits per heavy atom. The molecule has 0 atom stereocenters. The number of carbonyl (C=O) groups is 4. The zero-order valence-corrected chi connectivity index (χ0v) is 17.2. The van der Waals surface area contributed by atoms with Crippen LogP contribution in [0.5, 0.6) is 0 Å². The van der Waals surface area contributed by atoms with Crippen LogP contribution in [0.4, 0.5) is 0 Å². The lowest BCUT2D eigenvalue weighted by atomic mass is 9.96. The van der Waals surface area contributed by atoms with Gasteiger partial charge in [0.1, 0.15) is 6.26 Å². The number of hydrogen-bond donors (Lipinski definition) is 1. The zero-order chi connectivity index (χ0) is 21.8. The molecule has 162 valence electrons. The van der Waals surface area contributed by atoms with Gasteiger partial charge in [-0.1, -0.05) is 12.1 Å². The second kappa shape index (κ2) is 9.16. The van der Waals surface area contributed by atoms with E-state index in [4.69, 9.17) is 4.42 Å². The smallest absolute Gasteiger partial charge is 0.261 e. The molecular weight excluding hydrogens is 398 g/mol. The Hall–Kier alpha value is -3.42. The molecule has 0 spiro atoms. The van der Waals surface area contributed by atoms with Crippen molar-refractivity contribution in [2.45, 2.75) is 25.7 Å². The summed E-state index contributed by atoms with van der Waals surface area (Å²) in [5, 5.41) is 2.94. The van der Waals surface area contributed by atoms with Crippen molar-refractivity contribution in [1.29, 1.82) is 0 Å². The number of hydrogen-bond acceptors (Lipinski definition) is 5. The molecule has 31 heavy (non-hydrogen) atoms. The van der Waals surface area contributed by atoms with Gasteiger partial charge in [0, 0.05) is 32.6 Å². The predicted molar refractivity (Wildman–Crippen MR) is 111 cm³/mol. The number of imide groups is 1. The maximum atomic E-state index is 12.3. The molecule has 0 aliphatic carbocycles. The Bertz CT molecular complexity index is 942. The Morgan fingerprint density at radius 1 is 1.03 bits per heavy atom. The third-order valence-electron chi connectivity index (χ3n) is 5.92. The number of piperidine rings is 1. The lowest BCUT2D eigenvalue weighted by molar-refractivity contribution is -0.121. The molecule has 0 saturated carbocycles. The van der Waals surface area contributed by atoms with E-state index in [0.29, 0.717) is 48.7 Å². The van der Waals surface area contributed by atoms with Crippen LogP contribution in [0, 0.1) is 5.92 Å². The molecule has 0 bridgehead atoms. The van der Waals surface area contributed by atoms with Gasteiger partial charge in [0.15, 0.2) is 0 Å². The Morgan fingerprint density at radius 3 is 2.32 bits per heavy atom. The largest absolute Gasteiger partial charge is 0.472 e. The molecule has 2 aliphatic heterocycles. The summed E-state index contributed by atoms with van der Waals surface area (Å²) in [6.45, 7) is 2.11. The van der Waals surface area contributed by atoms with E-state index in [1.165, 1.54) is 17.4 Å². The summed E-state index contributed by atoms with van der Waals surface area (Å²) in [6, 6.07) is 8.43. The first kappa shape index (κ1) is 20.8. The highest BCUT2D eigenvalue weighted by atomic mass is 16.3. The maximum Gasteiger partial charge on any atom is 0.261 e. The molecule has 1 N–H and O–H groups in total. The van der Waals surface area contributed by atoms with Crippen LogP contribution in [0.1, 0.15) is 56.8 Å². The molecule has 1 aromatic heterocycles. The highest BCUT2D eigenvalue weighted by molar-refractivity contribution is 6.21. The Kier molecular flexibility index (Phi) is 6.16. The number of carbonyl (C=O) groups excluding carboxylic acids is 4. The van der Waals surface area contributed by atoms with Crippen LogP contribution in [0.15, 0.2) is 47.3 Å². The molecule has 1 saturated heterocycles. The summed E-state index contributed by atoms with van der Waals surface area (Å²) < 4.78 is 4.97. The number of likely N-dealkylation sites (tertiary alicyclic amines) is 1. The minimum atomic E-state index is -0.294. The number of nitrogens with zero attached hydrogens (tertiary/aromatic N) is 2. The lowest BCUT2D eigenvalue weighted by Gasteiger charge is -2.31. The first-order valence-electron chi connectivity index (χ1n) is 10.6. The molecule has 4 rings (SSSR count). The first-order chi connectivity index (χ1) is 15.0. The van der Waals surface area contributed by atoms with Crippen molar-refractivity contribution in [3.63, 3.8) is 0 Å². The number of rotatable bonds is 7. The van der Waals surface area contributed by atoms with Crippen LogP contribution >= 0.6 is 0 Å². The van der Waals surface area contributed by atoms with E-state index < -0.39 is 0 Å². The Labute approximate surface area is 180 Å². The summed E-state index contributed by atoms with van der Waals surface area (Å²) in [4.78, 5) is 52.2. The van der Waals surface area contributed by atoms with Crippen LogP contribution in [-0.4, -0.2) is 59.6 Å². The quantitative estimate of drug-likeness (QED) is 0.689. The normalized spacial score (nSPS) is 16.5. The van der Waals surface area contributed by atoms with E-state index in [-0.39, 0.29) is 36.6 Å². The summed E-state index contributed by atoms with van der Waals surface area (Å²) in [5.41, 5.74) is 1.41. The highest BCUT2D eigenvalue weighted by Gasteiger charge is 2.34. The van der Waals surface area contributed by atoms with Crippen molar-refractivity contribution < 1.29 is 23.6 Å². The van der Waals surface area contributed by atoms with Crippen LogP contribution in [-0.2, 0) is 4.79 Å². The summed E-state index contributed by atoms with van der Waals surface area (Å²) in [6.07, 6.45) is 5.29. The Balaban J connectivity index is 1.15. The summed E-state index contributed by atoms with van der Waals surface area (Å²) in [7, 11) is 0. The first-order valence-corrected chi connectivity index (χ1v) is 10.6. The van der Waals surface area contributed by atoms with Crippen molar-refractivity contribution in [2.24, 2.45) is 5.92 Å². The van der Waals surface area contributed by atoms with Gasteiger partial charge >= 0.3 is 0 Å². The number of nitrogens with one attached hydrogen (secondary N) is 1. The second-order valence-corrected chi connectivity index (χ2v) is 7.96. The van der Waals surface area contributed by atoms with Gasteiger partial charge in [-0.3, -0.25) is 24.1 Å². The molecule has 1 aromatic carbocycles. The van der Waals surface area contributed by atoms with Crippen molar-refractivity contribution in [2.75, 3.05) is 26.2 Å². The molecule has 0 unspecified atom stereocenters. The molecule has 8 nitrogen and oxygen atoms in total. The van der Waals surface area contributed by atoms with E-state index >= 15 is 0 Å². The van der Waals surface area contributed by atoms with Gasteiger partial charge in [0.25, 0.3) is 17.7 Å². The fourth-order valence-electron chi connectivity index (χ4n) is 4.10. The molecule has 3 heterocycles. The van der Waals surface area contributed by atoms with Gasteiger partial charge in [-0.2, -0.15) is 0 Å². The fraction of sp³-hybridized carbons (Fsp3) is 0.391.